The summed E-state index contributed by atoms with van der Waals surface area (Å²) in [7, 11) is 1.40. The number of hydrogen-bond acceptors (Lipinski definition) is 8. The van der Waals surface area contributed by atoms with Gasteiger partial charge in [-0.15, -0.1) is 5.10 Å². The molecule has 2 aromatic rings. The van der Waals surface area contributed by atoms with E-state index in [9.17, 15) is 14.4 Å². The molecule has 1 saturated heterocycles. The molecular formula is C20H16ClN3O6S. The number of thioether (sulfide) groups is 1. The van der Waals surface area contributed by atoms with Gasteiger partial charge in [0.2, 0.25) is 5.91 Å². The van der Waals surface area contributed by atoms with Crippen LogP contribution in [-0.4, -0.2) is 46.7 Å². The van der Waals surface area contributed by atoms with Crippen LogP contribution in [0.3, 0.4) is 0 Å². The first kappa shape index (κ1) is 22.3. The molecule has 3 rings (SSSR count). The lowest BCUT2D eigenvalue weighted by Gasteiger charge is -2.11. The average Bonchev–Trinajstić information content (AvgIpc) is 3.08. The minimum absolute atomic E-state index is 0.0663. The molecule has 1 unspecified atom stereocenters. The van der Waals surface area contributed by atoms with Gasteiger partial charge < -0.3 is 19.9 Å². The number of methoxy groups -OCH3 is 1. The quantitative estimate of drug-likeness (QED) is 0.281. The number of nitrogens with one attached hydrogen (secondary N) is 1. The van der Waals surface area contributed by atoms with E-state index in [1.54, 1.807) is 36.4 Å². The van der Waals surface area contributed by atoms with E-state index < -0.39 is 23.1 Å². The maximum Gasteiger partial charge on any atom is 0.343 e. The standard InChI is InChI=1S/C20H16ClN3O6S/c1-29-14-8-11(10-22-24-20-23-18(27)15(31-20)9-16(25)26)7-13(21)17(14)30-19(28)12-5-3-2-4-6-12/h2-8,10,15H,9H2,1H3,(H,25,26)(H,23,24,27). The molecule has 9 nitrogen and oxygen atoms in total. The fourth-order valence-electron chi connectivity index (χ4n) is 2.53. The lowest BCUT2D eigenvalue weighted by atomic mass is 10.2. The van der Waals surface area contributed by atoms with Gasteiger partial charge in [-0.25, -0.2) is 4.79 Å². The number of benzene rings is 2. The first-order valence-electron chi connectivity index (χ1n) is 8.82. The molecule has 1 aliphatic rings. The Morgan fingerprint density at radius 2 is 2.03 bits per heavy atom. The number of rotatable bonds is 7. The Bertz CT molecular complexity index is 1070. The highest BCUT2D eigenvalue weighted by molar-refractivity contribution is 8.15. The number of halogens is 1. The van der Waals surface area contributed by atoms with E-state index in [1.807, 2.05) is 0 Å². The fourth-order valence-corrected chi connectivity index (χ4v) is 3.71. The van der Waals surface area contributed by atoms with E-state index in [1.165, 1.54) is 19.4 Å². The highest BCUT2D eigenvalue weighted by Crippen LogP contribution is 2.36. The molecule has 0 aromatic heterocycles. The normalized spacial score (nSPS) is 17.0. The van der Waals surface area contributed by atoms with Crippen molar-refractivity contribution in [2.24, 2.45) is 10.2 Å². The van der Waals surface area contributed by atoms with Crippen LogP contribution in [0.25, 0.3) is 0 Å². The molecule has 2 aromatic carbocycles. The zero-order valence-electron chi connectivity index (χ0n) is 16.1. The van der Waals surface area contributed by atoms with Crippen molar-refractivity contribution < 1.29 is 29.0 Å². The maximum absolute atomic E-state index is 12.3. The molecule has 11 heteroatoms. The Morgan fingerprint density at radius 3 is 2.71 bits per heavy atom. The molecule has 1 amide bonds. The van der Waals surface area contributed by atoms with Crippen molar-refractivity contribution in [3.63, 3.8) is 0 Å². The van der Waals surface area contributed by atoms with Gasteiger partial charge in [-0.3, -0.25) is 9.59 Å². The van der Waals surface area contributed by atoms with Gasteiger partial charge in [0.05, 0.1) is 30.3 Å². The van der Waals surface area contributed by atoms with Crippen LogP contribution >= 0.6 is 23.4 Å². The summed E-state index contributed by atoms with van der Waals surface area (Å²) in [5, 5.41) is 18.6. The molecule has 0 aliphatic carbocycles. The molecule has 31 heavy (non-hydrogen) atoms. The van der Waals surface area contributed by atoms with Crippen molar-refractivity contribution in [3.05, 3.63) is 58.6 Å². The summed E-state index contributed by atoms with van der Waals surface area (Å²) >= 11 is 7.25. The zero-order valence-corrected chi connectivity index (χ0v) is 17.6. The number of esters is 1. The number of carbonyl (C=O) groups is 3. The van der Waals surface area contributed by atoms with E-state index in [2.05, 4.69) is 15.5 Å². The van der Waals surface area contributed by atoms with Crippen LogP contribution in [0.2, 0.25) is 5.02 Å². The third-order valence-electron chi connectivity index (χ3n) is 3.95. The molecule has 1 atom stereocenters. The van der Waals surface area contributed by atoms with Crippen molar-refractivity contribution in [3.8, 4) is 11.5 Å². The van der Waals surface area contributed by atoms with E-state index in [0.29, 0.717) is 11.1 Å². The Hall–Kier alpha value is -3.37. The minimum atomic E-state index is -1.08. The number of ether oxygens (including phenoxy) is 2. The SMILES string of the molecule is COc1cc(C=NN=C2NC(=O)C(CC(=O)O)S2)cc(Cl)c1OC(=O)c1ccccc1. The average molecular weight is 462 g/mol. The molecule has 1 fully saturated rings. The number of nitrogens with zero attached hydrogens (tertiary/aromatic N) is 2. The molecular weight excluding hydrogens is 446 g/mol. The summed E-state index contributed by atoms with van der Waals surface area (Å²) in [5.74, 6) is -1.81. The summed E-state index contributed by atoms with van der Waals surface area (Å²) in [6.07, 6.45) is 1.05. The number of amides is 1. The van der Waals surface area contributed by atoms with E-state index in [-0.39, 0.29) is 28.1 Å². The number of amidine groups is 1. The monoisotopic (exact) mass is 461 g/mol. The topological polar surface area (TPSA) is 127 Å². The third kappa shape index (κ3) is 5.83. The van der Waals surface area contributed by atoms with Gasteiger partial charge in [-0.05, 0) is 24.3 Å². The highest BCUT2D eigenvalue weighted by Gasteiger charge is 2.32. The molecule has 1 heterocycles. The smallest absolute Gasteiger partial charge is 0.343 e. The van der Waals surface area contributed by atoms with Gasteiger partial charge in [-0.2, -0.15) is 5.10 Å². The number of carboxylic acid groups (broad SMARTS) is 1. The lowest BCUT2D eigenvalue weighted by Crippen LogP contribution is -2.26. The Morgan fingerprint density at radius 1 is 1.29 bits per heavy atom. The highest BCUT2D eigenvalue weighted by atomic mass is 35.5. The van der Waals surface area contributed by atoms with Crippen LogP contribution in [0.5, 0.6) is 11.5 Å². The number of carboxylic acids is 1. The summed E-state index contributed by atoms with van der Waals surface area (Å²) in [4.78, 5) is 34.8. The van der Waals surface area contributed by atoms with Gasteiger partial charge in [0.1, 0.15) is 5.25 Å². The van der Waals surface area contributed by atoms with Crippen molar-refractivity contribution in [2.75, 3.05) is 7.11 Å². The number of carbonyl (C=O) groups excluding carboxylic acids is 2. The third-order valence-corrected chi connectivity index (χ3v) is 5.30. The number of hydrogen-bond donors (Lipinski definition) is 2. The van der Waals surface area contributed by atoms with Gasteiger partial charge in [-0.1, -0.05) is 41.6 Å². The molecule has 0 spiro atoms. The summed E-state index contributed by atoms with van der Waals surface area (Å²) < 4.78 is 10.7. The number of aliphatic carboxylic acids is 1. The summed E-state index contributed by atoms with van der Waals surface area (Å²) in [6.45, 7) is 0. The van der Waals surface area contributed by atoms with Gasteiger partial charge in [0.15, 0.2) is 16.7 Å². The minimum Gasteiger partial charge on any atom is -0.493 e. The predicted molar refractivity (Wildman–Crippen MR) is 116 cm³/mol. The molecule has 0 bridgehead atoms. The van der Waals surface area contributed by atoms with Gasteiger partial charge in [0, 0.05) is 5.56 Å². The Balaban J connectivity index is 1.73. The summed E-state index contributed by atoms with van der Waals surface area (Å²) in [6, 6.07) is 11.5. The second kappa shape index (κ2) is 10.1. The van der Waals surface area contributed by atoms with Crippen molar-refractivity contribution in [2.45, 2.75) is 11.7 Å². The molecule has 0 saturated carbocycles. The first-order valence-corrected chi connectivity index (χ1v) is 10.1. The van der Waals surface area contributed by atoms with Gasteiger partial charge in [0.25, 0.3) is 0 Å². The predicted octanol–water partition coefficient (Wildman–Crippen LogP) is 2.96. The van der Waals surface area contributed by atoms with Gasteiger partial charge >= 0.3 is 11.9 Å². The zero-order chi connectivity index (χ0) is 22.4. The van der Waals surface area contributed by atoms with Crippen LogP contribution in [-0.2, 0) is 9.59 Å². The maximum atomic E-state index is 12.3. The second-order valence-corrected chi connectivity index (χ2v) is 7.73. The largest absolute Gasteiger partial charge is 0.493 e. The van der Waals surface area contributed by atoms with Crippen molar-refractivity contribution in [1.29, 1.82) is 0 Å². The van der Waals surface area contributed by atoms with Crippen LogP contribution in [0.1, 0.15) is 22.3 Å². The van der Waals surface area contributed by atoms with Crippen LogP contribution in [0.15, 0.2) is 52.7 Å². The van der Waals surface area contributed by atoms with Crippen molar-refractivity contribution >= 4 is 52.6 Å². The molecule has 1 aliphatic heterocycles. The van der Waals surface area contributed by atoms with Crippen molar-refractivity contribution in [1.82, 2.24) is 5.32 Å². The van der Waals surface area contributed by atoms with Crippen LogP contribution in [0, 0.1) is 0 Å². The molecule has 2 N–H and O–H groups in total. The lowest BCUT2D eigenvalue weighted by molar-refractivity contribution is -0.138. The molecule has 160 valence electrons. The van der Waals surface area contributed by atoms with Crippen LogP contribution in [0.4, 0.5) is 0 Å². The van der Waals surface area contributed by atoms with E-state index in [4.69, 9.17) is 26.2 Å². The Kier molecular flexibility index (Phi) is 7.27. The summed E-state index contributed by atoms with van der Waals surface area (Å²) in [5.41, 5.74) is 0.863. The Labute approximate surface area is 186 Å². The van der Waals surface area contributed by atoms with E-state index in [0.717, 1.165) is 11.8 Å². The molecule has 0 radical (unpaired) electrons. The second-order valence-electron chi connectivity index (χ2n) is 6.13. The first-order chi connectivity index (χ1) is 14.9. The van der Waals surface area contributed by atoms with Crippen LogP contribution < -0.4 is 14.8 Å². The van der Waals surface area contributed by atoms with E-state index >= 15 is 0 Å². The fraction of sp³-hybridized carbons (Fsp3) is 0.150.